The van der Waals surface area contributed by atoms with E-state index in [0.29, 0.717) is 12.2 Å². The fourth-order valence-electron chi connectivity index (χ4n) is 1.97. The van der Waals surface area contributed by atoms with E-state index < -0.39 is 0 Å². The van der Waals surface area contributed by atoms with Crippen molar-refractivity contribution in [3.05, 3.63) is 15.9 Å². The summed E-state index contributed by atoms with van der Waals surface area (Å²) in [5.41, 5.74) is 1.95. The molecule has 2 rings (SSSR count). The van der Waals surface area contributed by atoms with E-state index in [1.165, 1.54) is 0 Å². The molecule has 3 nitrogen and oxygen atoms in total. The predicted molar refractivity (Wildman–Crippen MR) is 69.8 cm³/mol. The molecular formula is C11H15BrN2OS. The van der Waals surface area contributed by atoms with E-state index in [1.54, 1.807) is 4.68 Å². The number of thioether (sulfide) groups is 1. The quantitative estimate of drug-likeness (QED) is 0.860. The minimum Gasteiger partial charge on any atom is -0.299 e. The van der Waals surface area contributed by atoms with Gasteiger partial charge in [-0.15, -0.1) is 0 Å². The zero-order chi connectivity index (χ0) is 11.7. The maximum absolute atomic E-state index is 12.1. The molecule has 0 spiro atoms. The summed E-state index contributed by atoms with van der Waals surface area (Å²) in [4.78, 5) is 12.1. The van der Waals surface area contributed by atoms with Crippen LogP contribution in [0.4, 0.5) is 0 Å². The van der Waals surface area contributed by atoms with Crippen molar-refractivity contribution in [2.75, 3.05) is 11.5 Å². The molecule has 1 saturated heterocycles. The smallest absolute Gasteiger partial charge is 0.142 e. The lowest BCUT2D eigenvalue weighted by atomic mass is 10.00. The van der Waals surface area contributed by atoms with Crippen molar-refractivity contribution in [2.45, 2.75) is 19.8 Å². The number of carbonyl (C=O) groups is 1. The lowest BCUT2D eigenvalue weighted by Gasteiger charge is -2.07. The van der Waals surface area contributed by atoms with Gasteiger partial charge in [-0.1, -0.05) is 0 Å². The van der Waals surface area contributed by atoms with Crippen LogP contribution in [0.2, 0.25) is 0 Å². The molecule has 0 aliphatic carbocycles. The zero-order valence-corrected chi connectivity index (χ0v) is 11.9. The number of Topliss-reactive ketones (excluding diaryl/α,β-unsaturated/α-hetero) is 1. The van der Waals surface area contributed by atoms with Crippen molar-refractivity contribution in [3.63, 3.8) is 0 Å². The van der Waals surface area contributed by atoms with Gasteiger partial charge in [-0.3, -0.25) is 9.48 Å². The number of ketones is 1. The Balaban J connectivity index is 2.11. The van der Waals surface area contributed by atoms with Gasteiger partial charge in [0.25, 0.3) is 0 Å². The average Bonchev–Trinajstić information content (AvgIpc) is 2.83. The Morgan fingerprint density at radius 2 is 2.44 bits per heavy atom. The Hall–Kier alpha value is -0.290. The first kappa shape index (κ1) is 12.2. The molecule has 1 aromatic rings. The zero-order valence-electron chi connectivity index (χ0n) is 9.49. The standard InChI is InChI=1S/C11H15BrN2OS/c1-7-11(12)9(14(2)13-7)5-10(15)8-3-4-16-6-8/h8H,3-6H2,1-2H3. The minimum absolute atomic E-state index is 0.257. The number of aromatic nitrogens is 2. The lowest BCUT2D eigenvalue weighted by molar-refractivity contribution is -0.121. The van der Waals surface area contributed by atoms with Crippen LogP contribution in [0.3, 0.4) is 0 Å². The van der Waals surface area contributed by atoms with Crippen molar-refractivity contribution in [1.29, 1.82) is 0 Å². The van der Waals surface area contributed by atoms with Crippen LogP contribution in [0.1, 0.15) is 17.8 Å². The summed E-state index contributed by atoms with van der Waals surface area (Å²) < 4.78 is 2.79. The van der Waals surface area contributed by atoms with Gasteiger partial charge in [0, 0.05) is 25.1 Å². The van der Waals surface area contributed by atoms with Crippen LogP contribution < -0.4 is 0 Å². The second-order valence-electron chi connectivity index (χ2n) is 4.17. The third-order valence-corrected chi connectivity index (χ3v) is 5.18. The molecule has 0 radical (unpaired) electrons. The third-order valence-electron chi connectivity index (χ3n) is 2.99. The Morgan fingerprint density at radius 1 is 1.69 bits per heavy atom. The largest absolute Gasteiger partial charge is 0.299 e. The topological polar surface area (TPSA) is 34.9 Å². The Morgan fingerprint density at radius 3 is 2.94 bits per heavy atom. The number of aryl methyl sites for hydroxylation is 2. The van der Waals surface area contributed by atoms with Crippen molar-refractivity contribution in [3.8, 4) is 0 Å². The Bertz CT molecular complexity index is 410. The first-order valence-electron chi connectivity index (χ1n) is 5.38. The van der Waals surface area contributed by atoms with Gasteiger partial charge in [0.1, 0.15) is 5.78 Å². The molecule has 0 bridgehead atoms. The van der Waals surface area contributed by atoms with Crippen LogP contribution in [0.25, 0.3) is 0 Å². The number of nitrogens with zero attached hydrogens (tertiary/aromatic N) is 2. The SMILES string of the molecule is Cc1nn(C)c(CC(=O)C2CCSC2)c1Br. The molecule has 1 atom stereocenters. The van der Waals surface area contributed by atoms with Crippen molar-refractivity contribution < 1.29 is 4.79 Å². The van der Waals surface area contributed by atoms with E-state index in [9.17, 15) is 4.79 Å². The van der Waals surface area contributed by atoms with Gasteiger partial charge in [-0.05, 0) is 35.0 Å². The monoisotopic (exact) mass is 302 g/mol. The highest BCUT2D eigenvalue weighted by molar-refractivity contribution is 9.10. The summed E-state index contributed by atoms with van der Waals surface area (Å²) >= 11 is 5.38. The first-order chi connectivity index (χ1) is 7.59. The van der Waals surface area contributed by atoms with E-state index >= 15 is 0 Å². The van der Waals surface area contributed by atoms with Gasteiger partial charge in [0.15, 0.2) is 0 Å². The summed E-state index contributed by atoms with van der Waals surface area (Å²) in [7, 11) is 1.89. The van der Waals surface area contributed by atoms with E-state index in [1.807, 2.05) is 25.7 Å². The van der Waals surface area contributed by atoms with Gasteiger partial charge in [0.05, 0.1) is 15.9 Å². The molecule has 0 aromatic carbocycles. The van der Waals surface area contributed by atoms with Crippen LogP contribution in [-0.4, -0.2) is 27.1 Å². The number of hydrogen-bond donors (Lipinski definition) is 0. The van der Waals surface area contributed by atoms with E-state index in [4.69, 9.17) is 0 Å². The van der Waals surface area contributed by atoms with E-state index in [-0.39, 0.29) is 5.92 Å². The van der Waals surface area contributed by atoms with Crippen LogP contribution in [0.5, 0.6) is 0 Å². The molecule has 1 unspecified atom stereocenters. The second kappa shape index (κ2) is 4.92. The number of carbonyl (C=O) groups excluding carboxylic acids is 1. The summed E-state index contributed by atoms with van der Waals surface area (Å²) in [6.45, 7) is 1.95. The van der Waals surface area contributed by atoms with E-state index in [2.05, 4.69) is 21.0 Å². The maximum atomic E-state index is 12.1. The first-order valence-corrected chi connectivity index (χ1v) is 7.32. The maximum Gasteiger partial charge on any atom is 0.142 e. The minimum atomic E-state index is 0.257. The average molecular weight is 303 g/mol. The molecule has 5 heteroatoms. The predicted octanol–water partition coefficient (Wildman–Crippen LogP) is 2.36. The highest BCUT2D eigenvalue weighted by Gasteiger charge is 2.25. The molecule has 88 valence electrons. The van der Waals surface area contributed by atoms with Crippen LogP contribution in [-0.2, 0) is 18.3 Å². The molecule has 1 aliphatic rings. The summed E-state index contributed by atoms with van der Waals surface area (Å²) in [6, 6.07) is 0. The van der Waals surface area contributed by atoms with Crippen LogP contribution in [0.15, 0.2) is 4.47 Å². The van der Waals surface area contributed by atoms with Crippen molar-refractivity contribution >= 4 is 33.5 Å². The Labute approximate surface area is 108 Å². The lowest BCUT2D eigenvalue weighted by Crippen LogP contribution is -2.18. The normalized spacial score (nSPS) is 20.3. The Kier molecular flexibility index (Phi) is 3.74. The molecule has 1 aromatic heterocycles. The summed E-state index contributed by atoms with van der Waals surface area (Å²) in [5, 5.41) is 4.30. The van der Waals surface area contributed by atoms with Crippen LogP contribution >= 0.6 is 27.7 Å². The third kappa shape index (κ3) is 2.35. The number of rotatable bonds is 3. The van der Waals surface area contributed by atoms with E-state index in [0.717, 1.165) is 33.8 Å². The molecule has 0 amide bonds. The summed E-state index contributed by atoms with van der Waals surface area (Å²) in [5.74, 6) is 2.73. The van der Waals surface area contributed by atoms with Gasteiger partial charge in [-0.25, -0.2) is 0 Å². The molecular weight excluding hydrogens is 288 g/mol. The van der Waals surface area contributed by atoms with Gasteiger partial charge in [-0.2, -0.15) is 16.9 Å². The number of halogens is 1. The highest BCUT2D eigenvalue weighted by atomic mass is 79.9. The van der Waals surface area contributed by atoms with Crippen LogP contribution in [0, 0.1) is 12.8 Å². The molecule has 16 heavy (non-hydrogen) atoms. The van der Waals surface area contributed by atoms with Gasteiger partial charge < -0.3 is 0 Å². The highest BCUT2D eigenvalue weighted by Crippen LogP contribution is 2.27. The molecule has 1 fully saturated rings. The molecule has 1 aliphatic heterocycles. The van der Waals surface area contributed by atoms with Gasteiger partial charge >= 0.3 is 0 Å². The van der Waals surface area contributed by atoms with Crippen molar-refractivity contribution in [1.82, 2.24) is 9.78 Å². The summed E-state index contributed by atoms with van der Waals surface area (Å²) in [6.07, 6.45) is 1.54. The fourth-order valence-corrected chi connectivity index (χ4v) is 3.70. The second-order valence-corrected chi connectivity index (χ2v) is 6.12. The van der Waals surface area contributed by atoms with Crippen molar-refractivity contribution in [2.24, 2.45) is 13.0 Å². The molecule has 2 heterocycles. The molecule has 0 saturated carbocycles. The number of hydrogen-bond acceptors (Lipinski definition) is 3. The van der Waals surface area contributed by atoms with Gasteiger partial charge in [0.2, 0.25) is 0 Å². The fraction of sp³-hybridized carbons (Fsp3) is 0.636. The molecule has 0 N–H and O–H groups in total.